The number of carbonyl (C=O) groups is 1. The number of hydrogen-bond acceptors (Lipinski definition) is 3. The van der Waals surface area contributed by atoms with Crippen LogP contribution in [0.4, 0.5) is 9.18 Å². The minimum Gasteiger partial charge on any atom is -0.325 e. The summed E-state index contributed by atoms with van der Waals surface area (Å²) in [5, 5.41) is 0.147. The van der Waals surface area contributed by atoms with Gasteiger partial charge in [-0.25, -0.2) is 17.6 Å². The Kier molecular flexibility index (Phi) is 5.50. The Bertz CT molecular complexity index is 745. The summed E-state index contributed by atoms with van der Waals surface area (Å²) in [6, 6.07) is 3.49. The van der Waals surface area contributed by atoms with Gasteiger partial charge in [-0.2, -0.15) is 4.31 Å². The van der Waals surface area contributed by atoms with Crippen molar-refractivity contribution < 1.29 is 17.6 Å². The van der Waals surface area contributed by atoms with E-state index in [1.165, 1.54) is 16.4 Å². The van der Waals surface area contributed by atoms with Gasteiger partial charge >= 0.3 is 6.03 Å². The van der Waals surface area contributed by atoms with Gasteiger partial charge in [-0.05, 0) is 37.5 Å². The fourth-order valence-electron chi connectivity index (χ4n) is 3.23. The van der Waals surface area contributed by atoms with Crippen LogP contribution in [0.15, 0.2) is 23.1 Å². The largest absolute Gasteiger partial charge is 0.325 e. The minimum atomic E-state index is -3.94. The maximum Gasteiger partial charge on any atom is 0.320 e. The number of piperidine rings is 1. The molecule has 2 aliphatic rings. The minimum absolute atomic E-state index is 0.0329. The van der Waals surface area contributed by atoms with Crippen molar-refractivity contribution in [3.8, 4) is 0 Å². The second kappa shape index (κ2) is 7.47. The number of amides is 2. The number of piperazine rings is 1. The summed E-state index contributed by atoms with van der Waals surface area (Å²) >= 11 is 5.68. The number of carbonyl (C=O) groups excluding carboxylic acids is 1. The first-order valence-corrected chi connectivity index (χ1v) is 10.2. The van der Waals surface area contributed by atoms with E-state index in [9.17, 15) is 17.6 Å². The van der Waals surface area contributed by atoms with Gasteiger partial charge in [0.2, 0.25) is 10.0 Å². The molecule has 2 aliphatic heterocycles. The molecule has 0 N–H and O–H groups in total. The third-order valence-corrected chi connectivity index (χ3v) is 6.81. The lowest BCUT2D eigenvalue weighted by atomic mass is 10.1. The molecular weight excluding hydrogens is 369 g/mol. The van der Waals surface area contributed by atoms with Crippen LogP contribution >= 0.6 is 11.6 Å². The first kappa shape index (κ1) is 18.4. The normalized spacial score (nSPS) is 19.9. The molecule has 0 saturated carbocycles. The fraction of sp³-hybridized carbons (Fsp3) is 0.562. The number of hydrogen-bond donors (Lipinski definition) is 0. The lowest BCUT2D eigenvalue weighted by Crippen LogP contribution is -2.54. The lowest BCUT2D eigenvalue weighted by Gasteiger charge is -2.38. The Morgan fingerprint density at radius 1 is 0.960 bits per heavy atom. The second-order valence-corrected chi connectivity index (χ2v) is 8.64. The molecule has 6 nitrogen and oxygen atoms in total. The molecule has 0 atom stereocenters. The highest BCUT2D eigenvalue weighted by Gasteiger charge is 2.33. The quantitative estimate of drug-likeness (QED) is 0.780. The van der Waals surface area contributed by atoms with E-state index >= 15 is 0 Å². The average Bonchev–Trinajstić information content (AvgIpc) is 2.61. The summed E-state index contributed by atoms with van der Waals surface area (Å²) in [7, 11) is -3.94. The van der Waals surface area contributed by atoms with Gasteiger partial charge in [0, 0.05) is 44.3 Å². The third kappa shape index (κ3) is 3.91. The molecule has 2 fully saturated rings. The van der Waals surface area contributed by atoms with Gasteiger partial charge in [0.15, 0.2) is 0 Å². The van der Waals surface area contributed by atoms with E-state index in [0.717, 1.165) is 38.4 Å². The van der Waals surface area contributed by atoms with E-state index in [1.54, 1.807) is 4.90 Å². The molecule has 3 rings (SSSR count). The van der Waals surface area contributed by atoms with Crippen LogP contribution in [0.5, 0.6) is 0 Å². The van der Waals surface area contributed by atoms with E-state index in [-0.39, 0.29) is 29.0 Å². The monoisotopic (exact) mass is 389 g/mol. The Morgan fingerprint density at radius 3 is 2.16 bits per heavy atom. The lowest BCUT2D eigenvalue weighted by molar-refractivity contribution is 0.126. The number of nitrogens with zero attached hydrogens (tertiary/aromatic N) is 3. The standard InChI is InChI=1S/C16H21ClFN3O3S/c17-13-4-5-15(14(18)12-13)25(23,24)21-10-8-20(9-11-21)16(22)19-6-2-1-3-7-19/h4-5,12H,1-3,6-11H2. The van der Waals surface area contributed by atoms with Crippen LogP contribution in [0.1, 0.15) is 19.3 Å². The van der Waals surface area contributed by atoms with Gasteiger partial charge in [0.05, 0.1) is 0 Å². The van der Waals surface area contributed by atoms with Crippen molar-refractivity contribution in [3.63, 3.8) is 0 Å². The molecular formula is C16H21ClFN3O3S. The van der Waals surface area contributed by atoms with Crippen molar-refractivity contribution in [1.82, 2.24) is 14.1 Å². The molecule has 0 radical (unpaired) electrons. The van der Waals surface area contributed by atoms with Crippen LogP contribution in [0.25, 0.3) is 0 Å². The number of likely N-dealkylation sites (tertiary alicyclic amines) is 1. The van der Waals surface area contributed by atoms with Crippen LogP contribution in [-0.2, 0) is 10.0 Å². The summed E-state index contributed by atoms with van der Waals surface area (Å²) < 4.78 is 40.5. The van der Waals surface area contributed by atoms with Crippen molar-refractivity contribution in [2.75, 3.05) is 39.3 Å². The average molecular weight is 390 g/mol. The molecule has 0 unspecified atom stereocenters. The second-order valence-electron chi connectivity index (χ2n) is 6.30. The highest BCUT2D eigenvalue weighted by Crippen LogP contribution is 2.23. The molecule has 25 heavy (non-hydrogen) atoms. The van der Waals surface area contributed by atoms with E-state index in [2.05, 4.69) is 0 Å². The van der Waals surface area contributed by atoms with Crippen molar-refractivity contribution in [2.24, 2.45) is 0 Å². The summed E-state index contributed by atoms with van der Waals surface area (Å²) in [6.07, 6.45) is 3.16. The maximum absolute atomic E-state index is 14.0. The van der Waals surface area contributed by atoms with Gasteiger partial charge in [-0.15, -0.1) is 0 Å². The summed E-state index contributed by atoms with van der Waals surface area (Å²) in [4.78, 5) is 15.6. The van der Waals surface area contributed by atoms with Crippen LogP contribution in [0, 0.1) is 5.82 Å². The molecule has 0 spiro atoms. The van der Waals surface area contributed by atoms with Gasteiger partial charge in [0.25, 0.3) is 0 Å². The topological polar surface area (TPSA) is 60.9 Å². The third-order valence-electron chi connectivity index (χ3n) is 4.65. The summed E-state index contributed by atoms with van der Waals surface area (Å²) in [5.74, 6) is -0.862. The van der Waals surface area contributed by atoms with Crippen molar-refractivity contribution in [2.45, 2.75) is 24.2 Å². The van der Waals surface area contributed by atoms with E-state index < -0.39 is 15.8 Å². The van der Waals surface area contributed by atoms with Crippen molar-refractivity contribution in [1.29, 1.82) is 0 Å². The molecule has 0 aliphatic carbocycles. The van der Waals surface area contributed by atoms with Crippen molar-refractivity contribution >= 4 is 27.7 Å². The molecule has 138 valence electrons. The highest BCUT2D eigenvalue weighted by molar-refractivity contribution is 7.89. The Labute approximate surface area is 152 Å². The predicted molar refractivity (Wildman–Crippen MR) is 92.6 cm³/mol. The predicted octanol–water partition coefficient (Wildman–Crippen LogP) is 2.39. The first-order chi connectivity index (χ1) is 11.9. The van der Waals surface area contributed by atoms with E-state index in [0.29, 0.717) is 13.1 Å². The Balaban J connectivity index is 1.66. The molecule has 1 aromatic carbocycles. The molecule has 9 heteroatoms. The molecule has 0 aromatic heterocycles. The number of sulfonamides is 1. The SMILES string of the molecule is O=C(N1CCCCC1)N1CCN(S(=O)(=O)c2ccc(Cl)cc2F)CC1. The molecule has 0 bridgehead atoms. The van der Waals surface area contributed by atoms with Crippen LogP contribution < -0.4 is 0 Å². The number of halogens is 2. The van der Waals surface area contributed by atoms with Crippen molar-refractivity contribution in [3.05, 3.63) is 29.0 Å². The zero-order valence-corrected chi connectivity index (χ0v) is 15.4. The Hall–Kier alpha value is -1.38. The van der Waals surface area contributed by atoms with Crippen LogP contribution in [0.2, 0.25) is 5.02 Å². The zero-order chi connectivity index (χ0) is 18.0. The zero-order valence-electron chi connectivity index (χ0n) is 13.8. The summed E-state index contributed by atoms with van der Waals surface area (Å²) in [5.41, 5.74) is 0. The van der Waals surface area contributed by atoms with Gasteiger partial charge in [-0.1, -0.05) is 11.6 Å². The summed E-state index contributed by atoms with van der Waals surface area (Å²) in [6.45, 7) is 2.45. The number of urea groups is 1. The van der Waals surface area contributed by atoms with Crippen LogP contribution in [-0.4, -0.2) is 67.8 Å². The molecule has 1 aromatic rings. The van der Waals surface area contributed by atoms with Gasteiger partial charge in [0.1, 0.15) is 10.7 Å². The van der Waals surface area contributed by atoms with Crippen LogP contribution in [0.3, 0.4) is 0 Å². The highest BCUT2D eigenvalue weighted by atomic mass is 35.5. The van der Waals surface area contributed by atoms with Gasteiger partial charge in [-0.3, -0.25) is 0 Å². The molecule has 2 heterocycles. The number of rotatable bonds is 2. The Morgan fingerprint density at radius 2 is 1.56 bits per heavy atom. The van der Waals surface area contributed by atoms with E-state index in [1.807, 2.05) is 4.90 Å². The van der Waals surface area contributed by atoms with Gasteiger partial charge < -0.3 is 9.80 Å². The molecule has 2 saturated heterocycles. The smallest absolute Gasteiger partial charge is 0.320 e. The maximum atomic E-state index is 14.0. The molecule has 2 amide bonds. The fourth-order valence-corrected chi connectivity index (χ4v) is 4.85. The number of benzene rings is 1. The van der Waals surface area contributed by atoms with E-state index in [4.69, 9.17) is 11.6 Å². The first-order valence-electron chi connectivity index (χ1n) is 8.38.